The van der Waals surface area contributed by atoms with Crippen LogP contribution in [0.25, 0.3) is 0 Å². The van der Waals surface area contributed by atoms with Crippen LogP contribution in [-0.2, 0) is 20.9 Å². The number of rotatable bonds is 6. The number of carbonyl (C=O) groups excluding carboxylic acids is 3. The Labute approximate surface area is 168 Å². The first-order valence-electron chi connectivity index (χ1n) is 9.42. The van der Waals surface area contributed by atoms with Gasteiger partial charge in [0.2, 0.25) is 0 Å². The highest BCUT2D eigenvalue weighted by molar-refractivity contribution is 5.94. The minimum absolute atomic E-state index is 0.188. The van der Waals surface area contributed by atoms with Crippen LogP contribution in [0.15, 0.2) is 47.1 Å². The van der Waals surface area contributed by atoms with Gasteiger partial charge in [0.25, 0.3) is 11.8 Å². The van der Waals surface area contributed by atoms with Crippen LogP contribution in [0.2, 0.25) is 0 Å². The molecule has 0 unspecified atom stereocenters. The SMILES string of the molecule is CN(Cc1ccco1)C(=O)COC(=O)C1CCN(C(=O)c2ccc(F)cc2)CC1. The topological polar surface area (TPSA) is 80.1 Å². The summed E-state index contributed by atoms with van der Waals surface area (Å²) in [5.74, 6) is -1.04. The molecule has 2 heterocycles. The number of piperidine rings is 1. The molecule has 0 aliphatic carbocycles. The number of hydrogen-bond acceptors (Lipinski definition) is 5. The number of likely N-dealkylation sites (N-methyl/N-ethyl adjacent to an activating group) is 1. The largest absolute Gasteiger partial charge is 0.467 e. The molecule has 2 aromatic rings. The Morgan fingerprint density at radius 3 is 2.48 bits per heavy atom. The van der Waals surface area contributed by atoms with Crippen LogP contribution in [0.3, 0.4) is 0 Å². The van der Waals surface area contributed by atoms with Crippen LogP contribution in [0.5, 0.6) is 0 Å². The molecule has 154 valence electrons. The van der Waals surface area contributed by atoms with E-state index in [2.05, 4.69) is 0 Å². The van der Waals surface area contributed by atoms with E-state index in [0.717, 1.165) is 0 Å². The molecule has 8 heteroatoms. The van der Waals surface area contributed by atoms with Gasteiger partial charge in [-0.3, -0.25) is 14.4 Å². The van der Waals surface area contributed by atoms with E-state index in [0.29, 0.717) is 43.8 Å². The monoisotopic (exact) mass is 402 g/mol. The number of hydrogen-bond donors (Lipinski definition) is 0. The van der Waals surface area contributed by atoms with Gasteiger partial charge in [-0.1, -0.05) is 0 Å². The van der Waals surface area contributed by atoms with Crippen molar-refractivity contribution in [3.05, 3.63) is 59.8 Å². The van der Waals surface area contributed by atoms with Gasteiger partial charge in [0.15, 0.2) is 6.61 Å². The maximum atomic E-state index is 13.0. The van der Waals surface area contributed by atoms with E-state index >= 15 is 0 Å². The van der Waals surface area contributed by atoms with E-state index in [1.165, 1.54) is 35.4 Å². The molecule has 3 rings (SSSR count). The van der Waals surface area contributed by atoms with Crippen LogP contribution in [0, 0.1) is 11.7 Å². The summed E-state index contributed by atoms with van der Waals surface area (Å²) in [4.78, 5) is 39.9. The summed E-state index contributed by atoms with van der Waals surface area (Å²) in [6.07, 6.45) is 2.45. The van der Waals surface area contributed by atoms with Gasteiger partial charge in [0.05, 0.1) is 18.7 Å². The average molecular weight is 402 g/mol. The lowest BCUT2D eigenvalue weighted by Gasteiger charge is -2.31. The maximum absolute atomic E-state index is 13.0. The van der Waals surface area contributed by atoms with Gasteiger partial charge in [-0.05, 0) is 49.2 Å². The number of esters is 1. The molecule has 1 aliphatic heterocycles. The van der Waals surface area contributed by atoms with Crippen molar-refractivity contribution in [2.75, 3.05) is 26.7 Å². The van der Waals surface area contributed by atoms with E-state index in [-0.39, 0.29) is 24.3 Å². The summed E-state index contributed by atoms with van der Waals surface area (Å²) in [6, 6.07) is 8.89. The van der Waals surface area contributed by atoms with Gasteiger partial charge in [0.1, 0.15) is 11.6 Å². The van der Waals surface area contributed by atoms with Crippen molar-refractivity contribution in [1.82, 2.24) is 9.80 Å². The molecular formula is C21H23FN2O5. The van der Waals surface area contributed by atoms with Crippen molar-refractivity contribution >= 4 is 17.8 Å². The van der Waals surface area contributed by atoms with Crippen molar-refractivity contribution in [2.24, 2.45) is 5.92 Å². The van der Waals surface area contributed by atoms with Crippen LogP contribution >= 0.6 is 0 Å². The fourth-order valence-corrected chi connectivity index (χ4v) is 3.18. The predicted molar refractivity (Wildman–Crippen MR) is 101 cm³/mol. The first kappa shape index (κ1) is 20.6. The second kappa shape index (κ2) is 9.36. The van der Waals surface area contributed by atoms with Gasteiger partial charge >= 0.3 is 5.97 Å². The molecule has 0 radical (unpaired) electrons. The Hall–Kier alpha value is -3.16. The van der Waals surface area contributed by atoms with Gasteiger partial charge < -0.3 is 19.0 Å². The number of likely N-dealkylation sites (tertiary alicyclic amines) is 1. The second-order valence-corrected chi connectivity index (χ2v) is 7.01. The smallest absolute Gasteiger partial charge is 0.309 e. The number of ether oxygens (including phenoxy) is 1. The molecule has 2 amide bonds. The zero-order chi connectivity index (χ0) is 20.8. The fourth-order valence-electron chi connectivity index (χ4n) is 3.18. The normalized spacial score (nSPS) is 14.5. The third-order valence-corrected chi connectivity index (χ3v) is 4.94. The Balaban J connectivity index is 1.42. The molecule has 1 aliphatic rings. The molecular weight excluding hydrogens is 379 g/mol. The van der Waals surface area contributed by atoms with E-state index in [1.54, 1.807) is 24.1 Å². The number of benzene rings is 1. The highest BCUT2D eigenvalue weighted by atomic mass is 19.1. The first-order chi connectivity index (χ1) is 13.9. The van der Waals surface area contributed by atoms with E-state index in [4.69, 9.17) is 9.15 Å². The predicted octanol–water partition coefficient (Wildman–Crippen LogP) is 2.47. The first-order valence-corrected chi connectivity index (χ1v) is 9.42. The van der Waals surface area contributed by atoms with Gasteiger partial charge in [-0.2, -0.15) is 0 Å². The molecule has 0 N–H and O–H groups in total. The minimum Gasteiger partial charge on any atom is -0.467 e. The van der Waals surface area contributed by atoms with Crippen molar-refractivity contribution in [3.63, 3.8) is 0 Å². The zero-order valence-electron chi connectivity index (χ0n) is 16.2. The Kier molecular flexibility index (Phi) is 6.64. The molecule has 7 nitrogen and oxygen atoms in total. The van der Waals surface area contributed by atoms with Crippen molar-refractivity contribution in [2.45, 2.75) is 19.4 Å². The molecule has 0 spiro atoms. The zero-order valence-corrected chi connectivity index (χ0v) is 16.2. The third kappa shape index (κ3) is 5.43. The van der Waals surface area contributed by atoms with Gasteiger partial charge in [-0.15, -0.1) is 0 Å². The minimum atomic E-state index is -0.432. The quantitative estimate of drug-likeness (QED) is 0.694. The average Bonchev–Trinajstić information content (AvgIpc) is 3.25. The maximum Gasteiger partial charge on any atom is 0.309 e. The van der Waals surface area contributed by atoms with Gasteiger partial charge in [0, 0.05) is 25.7 Å². The van der Waals surface area contributed by atoms with E-state index in [1.807, 2.05) is 0 Å². The summed E-state index contributed by atoms with van der Waals surface area (Å²) in [5.41, 5.74) is 0.414. The standard InChI is InChI=1S/C21H23FN2O5/c1-23(13-18-3-2-12-28-18)19(25)14-29-21(27)16-8-10-24(11-9-16)20(26)15-4-6-17(22)7-5-15/h2-7,12,16H,8-11,13-14H2,1H3. The molecule has 29 heavy (non-hydrogen) atoms. The van der Waals surface area contributed by atoms with Crippen molar-refractivity contribution in [3.8, 4) is 0 Å². The Morgan fingerprint density at radius 2 is 1.86 bits per heavy atom. The number of furan rings is 1. The molecule has 1 saturated heterocycles. The lowest BCUT2D eigenvalue weighted by atomic mass is 9.96. The molecule has 1 aromatic carbocycles. The van der Waals surface area contributed by atoms with Gasteiger partial charge in [-0.25, -0.2) is 4.39 Å². The number of halogens is 1. The van der Waals surface area contributed by atoms with E-state index in [9.17, 15) is 18.8 Å². The molecule has 1 fully saturated rings. The van der Waals surface area contributed by atoms with Crippen LogP contribution in [-0.4, -0.2) is 54.3 Å². The molecule has 0 atom stereocenters. The lowest BCUT2D eigenvalue weighted by Crippen LogP contribution is -2.41. The summed E-state index contributed by atoms with van der Waals surface area (Å²) in [7, 11) is 1.61. The Morgan fingerprint density at radius 1 is 1.17 bits per heavy atom. The van der Waals surface area contributed by atoms with E-state index < -0.39 is 11.8 Å². The molecule has 0 bridgehead atoms. The molecule has 1 aromatic heterocycles. The summed E-state index contributed by atoms with van der Waals surface area (Å²) in [5, 5.41) is 0. The van der Waals surface area contributed by atoms with Crippen LogP contribution in [0.1, 0.15) is 29.0 Å². The highest BCUT2D eigenvalue weighted by Gasteiger charge is 2.29. The van der Waals surface area contributed by atoms with Crippen molar-refractivity contribution in [1.29, 1.82) is 0 Å². The van der Waals surface area contributed by atoms with Crippen LogP contribution in [0.4, 0.5) is 4.39 Å². The number of carbonyl (C=O) groups is 3. The van der Waals surface area contributed by atoms with Crippen molar-refractivity contribution < 1.29 is 27.9 Å². The summed E-state index contributed by atoms with van der Waals surface area (Å²) in [6.45, 7) is 0.780. The fraction of sp³-hybridized carbons (Fsp3) is 0.381. The van der Waals surface area contributed by atoms with Crippen LogP contribution < -0.4 is 0 Å². The third-order valence-electron chi connectivity index (χ3n) is 4.94. The lowest BCUT2D eigenvalue weighted by molar-refractivity contribution is -0.156. The summed E-state index contributed by atoms with van der Waals surface area (Å²) >= 11 is 0. The second-order valence-electron chi connectivity index (χ2n) is 7.01. The summed E-state index contributed by atoms with van der Waals surface area (Å²) < 4.78 is 23.4. The number of amides is 2. The number of nitrogens with zero attached hydrogens (tertiary/aromatic N) is 2. The molecule has 0 saturated carbocycles. The Bertz CT molecular complexity index is 842. The highest BCUT2D eigenvalue weighted by Crippen LogP contribution is 2.20.